The molecule has 156 valence electrons. The zero-order valence-corrected chi connectivity index (χ0v) is 16.7. The number of anilines is 1. The third-order valence-corrected chi connectivity index (χ3v) is 6.21. The smallest absolute Gasteiger partial charge is 0.160 e. The largest absolute Gasteiger partial charge is 0.488 e. The number of aliphatic hydroxyl groups is 1. The second-order valence-electron chi connectivity index (χ2n) is 8.21. The van der Waals surface area contributed by atoms with Gasteiger partial charge < -0.3 is 19.3 Å². The van der Waals surface area contributed by atoms with Crippen molar-refractivity contribution >= 4 is 5.82 Å². The Balaban J connectivity index is 1.26. The van der Waals surface area contributed by atoms with Gasteiger partial charge in [0.1, 0.15) is 23.4 Å². The van der Waals surface area contributed by atoms with Crippen LogP contribution in [0.25, 0.3) is 11.5 Å². The topological polar surface area (TPSA) is 76.3 Å². The minimum Gasteiger partial charge on any atom is -0.488 e. The van der Waals surface area contributed by atoms with Crippen molar-refractivity contribution < 1.29 is 14.2 Å². The predicted molar refractivity (Wildman–Crippen MR) is 109 cm³/mol. The van der Waals surface area contributed by atoms with Crippen LogP contribution in [0.5, 0.6) is 5.75 Å². The summed E-state index contributed by atoms with van der Waals surface area (Å²) in [5.41, 5.74) is 0.742. The minimum absolute atomic E-state index is 0.284. The van der Waals surface area contributed by atoms with E-state index in [1.165, 1.54) is 12.1 Å². The van der Waals surface area contributed by atoms with Gasteiger partial charge in [-0.3, -0.25) is 0 Å². The maximum atomic E-state index is 13.1. The molecule has 0 radical (unpaired) electrons. The standard InChI is InChI=1S/C22H24FN5O2/c1-27-9-8-24-22(27)18-6-7-21(26-25-18)28-12-14-10-19(29)20(11-15(14)13-28)30-17-4-2-16(23)3-5-17/h2-9,14-15,19-20,29H,10-13H2,1H3/t14-,15+,19+,20+/m0/s1. The number of fused-ring (bicyclic) bond motifs is 1. The van der Waals surface area contributed by atoms with Crippen LogP contribution in [0.3, 0.4) is 0 Å². The van der Waals surface area contributed by atoms with Crippen molar-refractivity contribution in [2.75, 3.05) is 18.0 Å². The van der Waals surface area contributed by atoms with Gasteiger partial charge in [-0.1, -0.05) is 0 Å². The van der Waals surface area contributed by atoms with Gasteiger partial charge >= 0.3 is 0 Å². The summed E-state index contributed by atoms with van der Waals surface area (Å²) in [5, 5.41) is 19.4. The lowest BCUT2D eigenvalue weighted by Crippen LogP contribution is -2.42. The highest BCUT2D eigenvalue weighted by atomic mass is 19.1. The summed E-state index contributed by atoms with van der Waals surface area (Å²) in [6, 6.07) is 9.89. The van der Waals surface area contributed by atoms with Gasteiger partial charge in [-0.05, 0) is 61.1 Å². The van der Waals surface area contributed by atoms with Gasteiger partial charge in [0.25, 0.3) is 0 Å². The summed E-state index contributed by atoms with van der Waals surface area (Å²) >= 11 is 0. The van der Waals surface area contributed by atoms with Gasteiger partial charge in [0.15, 0.2) is 11.6 Å². The third kappa shape index (κ3) is 3.63. The van der Waals surface area contributed by atoms with Gasteiger partial charge in [0, 0.05) is 32.5 Å². The number of aromatic nitrogens is 4. The van der Waals surface area contributed by atoms with Gasteiger partial charge in [-0.2, -0.15) is 0 Å². The van der Waals surface area contributed by atoms with Gasteiger partial charge in [0.05, 0.1) is 6.10 Å². The molecule has 8 heteroatoms. The van der Waals surface area contributed by atoms with Crippen LogP contribution in [0.2, 0.25) is 0 Å². The van der Waals surface area contributed by atoms with Crippen molar-refractivity contribution in [1.29, 1.82) is 0 Å². The average molecular weight is 409 g/mol. The number of halogens is 1. The Morgan fingerprint density at radius 2 is 1.80 bits per heavy atom. The van der Waals surface area contributed by atoms with Crippen molar-refractivity contribution in [3.8, 4) is 17.3 Å². The predicted octanol–water partition coefficient (Wildman–Crippen LogP) is 2.67. The molecule has 5 rings (SSSR count). The first-order valence-electron chi connectivity index (χ1n) is 10.2. The highest BCUT2D eigenvalue weighted by Crippen LogP contribution is 2.39. The van der Waals surface area contributed by atoms with Crippen LogP contribution in [-0.4, -0.2) is 50.2 Å². The third-order valence-electron chi connectivity index (χ3n) is 6.21. The number of imidazole rings is 1. The lowest BCUT2D eigenvalue weighted by atomic mass is 9.78. The average Bonchev–Trinajstić information content (AvgIpc) is 3.36. The molecule has 3 aromatic rings. The normalized spacial score (nSPS) is 25.9. The lowest BCUT2D eigenvalue weighted by molar-refractivity contribution is -0.0231. The molecule has 4 atom stereocenters. The molecule has 30 heavy (non-hydrogen) atoms. The molecule has 1 saturated carbocycles. The van der Waals surface area contributed by atoms with Gasteiger partial charge in [0.2, 0.25) is 0 Å². The summed E-state index contributed by atoms with van der Waals surface area (Å²) in [6.07, 6.45) is 4.25. The van der Waals surface area contributed by atoms with E-state index in [0.717, 1.165) is 36.8 Å². The first-order valence-corrected chi connectivity index (χ1v) is 10.2. The summed E-state index contributed by atoms with van der Waals surface area (Å²) in [4.78, 5) is 6.55. The number of aryl methyl sites for hydroxylation is 1. The number of ether oxygens (including phenoxy) is 1. The Bertz CT molecular complexity index is 1010. The molecule has 0 spiro atoms. The molecule has 1 aliphatic carbocycles. The number of hydrogen-bond donors (Lipinski definition) is 1. The zero-order chi connectivity index (χ0) is 20.7. The van der Waals surface area contributed by atoms with Crippen molar-refractivity contribution in [2.24, 2.45) is 18.9 Å². The Morgan fingerprint density at radius 1 is 1.03 bits per heavy atom. The SMILES string of the molecule is Cn1ccnc1-c1ccc(N2C[C@H]3C[C@@H](Oc4ccc(F)cc4)[C@H](O)C[C@H]3C2)nn1. The number of aliphatic hydroxyl groups excluding tert-OH is 1. The lowest BCUT2D eigenvalue weighted by Gasteiger charge is -2.35. The number of rotatable bonds is 4. The quantitative estimate of drug-likeness (QED) is 0.714. The molecular weight excluding hydrogens is 385 g/mol. The van der Waals surface area contributed by atoms with Gasteiger partial charge in [-0.25, -0.2) is 9.37 Å². The Labute approximate surface area is 174 Å². The molecule has 2 aliphatic rings. The van der Waals surface area contributed by atoms with Crippen molar-refractivity contribution in [3.05, 3.63) is 54.6 Å². The monoisotopic (exact) mass is 409 g/mol. The highest BCUT2D eigenvalue weighted by molar-refractivity contribution is 5.52. The van der Waals surface area contributed by atoms with Crippen LogP contribution in [-0.2, 0) is 7.05 Å². The van der Waals surface area contributed by atoms with Crippen LogP contribution >= 0.6 is 0 Å². The highest BCUT2D eigenvalue weighted by Gasteiger charge is 2.43. The fourth-order valence-corrected chi connectivity index (χ4v) is 4.62. The molecule has 7 nitrogen and oxygen atoms in total. The van der Waals surface area contributed by atoms with E-state index in [1.807, 2.05) is 29.9 Å². The fourth-order valence-electron chi connectivity index (χ4n) is 4.62. The second kappa shape index (κ2) is 7.68. The zero-order valence-electron chi connectivity index (χ0n) is 16.7. The number of nitrogens with zero attached hydrogens (tertiary/aromatic N) is 5. The Morgan fingerprint density at radius 3 is 2.47 bits per heavy atom. The summed E-state index contributed by atoms with van der Waals surface area (Å²) in [6.45, 7) is 1.71. The van der Waals surface area contributed by atoms with E-state index >= 15 is 0 Å². The molecule has 2 aromatic heterocycles. The minimum atomic E-state index is -0.534. The molecule has 2 fully saturated rings. The molecule has 0 unspecified atom stereocenters. The first kappa shape index (κ1) is 19.0. The van der Waals surface area contributed by atoms with Gasteiger partial charge in [-0.15, -0.1) is 10.2 Å². The number of benzene rings is 1. The molecule has 1 aliphatic heterocycles. The summed E-state index contributed by atoms with van der Waals surface area (Å²) in [5.74, 6) is 2.72. The fraction of sp³-hybridized carbons (Fsp3) is 0.409. The van der Waals surface area contributed by atoms with Crippen LogP contribution in [0, 0.1) is 17.7 Å². The van der Waals surface area contributed by atoms with Crippen LogP contribution in [0.4, 0.5) is 10.2 Å². The van der Waals surface area contributed by atoms with E-state index in [9.17, 15) is 9.50 Å². The summed E-state index contributed by atoms with van der Waals surface area (Å²) < 4.78 is 21.0. The van der Waals surface area contributed by atoms with Crippen LogP contribution in [0.15, 0.2) is 48.8 Å². The summed E-state index contributed by atoms with van der Waals surface area (Å²) in [7, 11) is 1.93. The van der Waals surface area contributed by atoms with Crippen LogP contribution in [0.1, 0.15) is 12.8 Å². The molecular formula is C22H24FN5O2. The number of hydrogen-bond acceptors (Lipinski definition) is 6. The molecule has 1 aromatic carbocycles. The van der Waals surface area contributed by atoms with E-state index < -0.39 is 6.10 Å². The van der Waals surface area contributed by atoms with E-state index in [0.29, 0.717) is 24.0 Å². The molecule has 1 N–H and O–H groups in total. The Kier molecular flexibility index (Phi) is 4.86. The van der Waals surface area contributed by atoms with Crippen molar-refractivity contribution in [3.63, 3.8) is 0 Å². The van der Waals surface area contributed by atoms with E-state index in [1.54, 1.807) is 18.3 Å². The van der Waals surface area contributed by atoms with E-state index in [2.05, 4.69) is 20.1 Å². The van der Waals surface area contributed by atoms with Crippen molar-refractivity contribution in [1.82, 2.24) is 19.7 Å². The molecule has 1 saturated heterocycles. The molecule has 0 amide bonds. The first-order chi connectivity index (χ1) is 14.6. The van der Waals surface area contributed by atoms with E-state index in [4.69, 9.17) is 4.74 Å². The molecule has 0 bridgehead atoms. The maximum Gasteiger partial charge on any atom is 0.160 e. The van der Waals surface area contributed by atoms with Crippen LogP contribution < -0.4 is 9.64 Å². The van der Waals surface area contributed by atoms with E-state index in [-0.39, 0.29) is 11.9 Å². The maximum absolute atomic E-state index is 13.1. The van der Waals surface area contributed by atoms with Crippen molar-refractivity contribution in [2.45, 2.75) is 25.0 Å². The Hall–Kier alpha value is -3.00. The molecule has 3 heterocycles. The second-order valence-corrected chi connectivity index (χ2v) is 8.21.